The van der Waals surface area contributed by atoms with Crippen LogP contribution >= 0.6 is 0 Å². The summed E-state index contributed by atoms with van der Waals surface area (Å²) in [5, 5.41) is 8.63. The third-order valence-corrected chi connectivity index (χ3v) is 3.46. The molecule has 0 aliphatic carbocycles. The second-order valence-electron chi connectivity index (χ2n) is 5.34. The van der Waals surface area contributed by atoms with E-state index in [1.54, 1.807) is 0 Å². The number of piperazine rings is 1. The average Bonchev–Trinajstić information content (AvgIpc) is 2.33. The Kier molecular flexibility index (Phi) is 6.22. The van der Waals surface area contributed by atoms with Gasteiger partial charge in [-0.25, -0.2) is 0 Å². The van der Waals surface area contributed by atoms with Gasteiger partial charge in [0.05, 0.1) is 6.42 Å². The van der Waals surface area contributed by atoms with Gasteiger partial charge in [-0.1, -0.05) is 0 Å². The average molecular weight is 297 g/mol. The molecule has 1 fully saturated rings. The molecule has 1 heterocycles. The van der Waals surface area contributed by atoms with E-state index in [1.807, 2.05) is 19.0 Å². The number of aliphatic carboxylic acids is 1. The summed E-state index contributed by atoms with van der Waals surface area (Å²) in [5.74, 6) is -1.41. The van der Waals surface area contributed by atoms with Crippen LogP contribution in [0.1, 0.15) is 6.42 Å². The van der Waals surface area contributed by atoms with E-state index in [9.17, 15) is 18.0 Å². The molecule has 20 heavy (non-hydrogen) atoms. The van der Waals surface area contributed by atoms with Gasteiger partial charge in [0, 0.05) is 39.3 Å². The van der Waals surface area contributed by atoms with Gasteiger partial charge in [-0.2, -0.15) is 13.2 Å². The van der Waals surface area contributed by atoms with Gasteiger partial charge in [-0.3, -0.25) is 14.6 Å². The first-order valence-electron chi connectivity index (χ1n) is 6.60. The van der Waals surface area contributed by atoms with Gasteiger partial charge in [-0.15, -0.1) is 0 Å². The van der Waals surface area contributed by atoms with Crippen LogP contribution in [0.15, 0.2) is 0 Å². The van der Waals surface area contributed by atoms with Crippen molar-refractivity contribution in [3.63, 3.8) is 0 Å². The molecular weight excluding hydrogens is 275 g/mol. The first-order chi connectivity index (χ1) is 9.20. The molecule has 0 radical (unpaired) electrons. The van der Waals surface area contributed by atoms with Crippen LogP contribution in [0.25, 0.3) is 0 Å². The van der Waals surface area contributed by atoms with Crippen molar-refractivity contribution in [2.24, 2.45) is 0 Å². The lowest BCUT2D eigenvalue weighted by Crippen LogP contribution is -2.55. The number of likely N-dealkylation sites (N-methyl/N-ethyl adjacent to an activating group) is 1. The topological polar surface area (TPSA) is 47.0 Å². The fraction of sp³-hybridized carbons (Fsp3) is 0.917. The van der Waals surface area contributed by atoms with Crippen molar-refractivity contribution in [1.82, 2.24) is 14.7 Å². The smallest absolute Gasteiger partial charge is 0.404 e. The highest BCUT2D eigenvalue weighted by Gasteiger charge is 2.45. The van der Waals surface area contributed by atoms with Crippen molar-refractivity contribution in [3.8, 4) is 0 Å². The summed E-state index contributed by atoms with van der Waals surface area (Å²) in [5.41, 5.74) is 0. The second-order valence-corrected chi connectivity index (χ2v) is 5.34. The summed E-state index contributed by atoms with van der Waals surface area (Å²) in [6, 6.07) is -1.88. The number of carboxylic acids is 1. The van der Waals surface area contributed by atoms with Crippen LogP contribution in [0.4, 0.5) is 13.2 Å². The lowest BCUT2D eigenvalue weighted by molar-refractivity contribution is -0.194. The molecule has 8 heteroatoms. The fourth-order valence-corrected chi connectivity index (χ4v) is 2.26. The third-order valence-electron chi connectivity index (χ3n) is 3.46. The van der Waals surface area contributed by atoms with Gasteiger partial charge < -0.3 is 10.0 Å². The minimum absolute atomic E-state index is 0.255. The number of carboxylic acid groups (broad SMARTS) is 1. The number of hydrogen-bond acceptors (Lipinski definition) is 4. The van der Waals surface area contributed by atoms with E-state index in [1.165, 1.54) is 4.90 Å². The second kappa shape index (κ2) is 7.24. The number of nitrogens with zero attached hydrogens (tertiary/aromatic N) is 3. The predicted molar refractivity (Wildman–Crippen MR) is 68.7 cm³/mol. The van der Waals surface area contributed by atoms with Gasteiger partial charge in [0.25, 0.3) is 0 Å². The minimum atomic E-state index is -4.50. The van der Waals surface area contributed by atoms with E-state index >= 15 is 0 Å². The summed E-state index contributed by atoms with van der Waals surface area (Å²) >= 11 is 0. The Balaban J connectivity index is 2.50. The van der Waals surface area contributed by atoms with Gasteiger partial charge in [0.15, 0.2) is 0 Å². The first kappa shape index (κ1) is 17.2. The molecule has 0 aromatic carbocycles. The Morgan fingerprint density at radius 1 is 1.25 bits per heavy atom. The molecule has 1 rings (SSSR count). The zero-order valence-electron chi connectivity index (χ0n) is 11.9. The van der Waals surface area contributed by atoms with Crippen LogP contribution in [-0.4, -0.2) is 91.4 Å². The molecule has 5 nitrogen and oxygen atoms in total. The van der Waals surface area contributed by atoms with Crippen molar-refractivity contribution in [2.45, 2.75) is 18.6 Å². The maximum atomic E-state index is 12.9. The van der Waals surface area contributed by atoms with Crippen LogP contribution in [-0.2, 0) is 4.79 Å². The third kappa shape index (κ3) is 5.64. The van der Waals surface area contributed by atoms with Crippen molar-refractivity contribution >= 4 is 5.97 Å². The number of rotatable bonds is 6. The van der Waals surface area contributed by atoms with Crippen LogP contribution < -0.4 is 0 Å². The van der Waals surface area contributed by atoms with Crippen LogP contribution in [0, 0.1) is 0 Å². The highest BCUT2D eigenvalue weighted by Crippen LogP contribution is 2.28. The molecule has 0 saturated carbocycles. The molecule has 0 amide bonds. The molecule has 1 unspecified atom stereocenters. The van der Waals surface area contributed by atoms with E-state index in [2.05, 4.69) is 4.90 Å². The Morgan fingerprint density at radius 2 is 1.80 bits per heavy atom. The summed E-state index contributed by atoms with van der Waals surface area (Å²) in [6.07, 6.45) is -5.38. The molecule has 0 spiro atoms. The number of alkyl halides is 3. The van der Waals surface area contributed by atoms with Crippen molar-refractivity contribution in [2.75, 3.05) is 53.4 Å². The Bertz CT molecular complexity index is 316. The van der Waals surface area contributed by atoms with Crippen LogP contribution in [0.5, 0.6) is 0 Å². The van der Waals surface area contributed by atoms with Gasteiger partial charge in [0.1, 0.15) is 6.04 Å². The first-order valence-corrected chi connectivity index (χ1v) is 6.60. The van der Waals surface area contributed by atoms with E-state index in [0.29, 0.717) is 13.1 Å². The molecule has 1 N–H and O–H groups in total. The van der Waals surface area contributed by atoms with Crippen molar-refractivity contribution in [1.29, 1.82) is 0 Å². The molecule has 0 bridgehead atoms. The standard InChI is InChI=1S/C12H22F3N3O2/c1-16(2)3-4-17-5-7-18(8-6-17)10(9-11(19)20)12(13,14)15/h10H,3-9H2,1-2H3,(H,19,20). The maximum Gasteiger partial charge on any atom is 0.404 e. The molecule has 1 saturated heterocycles. The molecule has 0 aromatic heterocycles. The lowest BCUT2D eigenvalue weighted by Gasteiger charge is -2.39. The highest BCUT2D eigenvalue weighted by molar-refractivity contribution is 5.67. The zero-order chi connectivity index (χ0) is 15.3. The number of halogens is 3. The monoisotopic (exact) mass is 297 g/mol. The van der Waals surface area contributed by atoms with E-state index in [-0.39, 0.29) is 13.1 Å². The summed E-state index contributed by atoms with van der Waals surface area (Å²) in [4.78, 5) is 16.0. The Labute approximate surface area is 116 Å². The molecule has 1 aliphatic rings. The minimum Gasteiger partial charge on any atom is -0.481 e. The zero-order valence-corrected chi connectivity index (χ0v) is 11.9. The number of hydrogen-bond donors (Lipinski definition) is 1. The van der Waals surface area contributed by atoms with Gasteiger partial charge >= 0.3 is 12.1 Å². The SMILES string of the molecule is CN(C)CCN1CCN(C(CC(=O)O)C(F)(F)F)CC1. The Morgan fingerprint density at radius 3 is 2.20 bits per heavy atom. The molecular formula is C12H22F3N3O2. The maximum absolute atomic E-state index is 12.9. The van der Waals surface area contributed by atoms with Gasteiger partial charge in [0.2, 0.25) is 0 Å². The summed E-state index contributed by atoms with van der Waals surface area (Å²) in [6.45, 7) is 3.27. The van der Waals surface area contributed by atoms with Gasteiger partial charge in [-0.05, 0) is 14.1 Å². The fourth-order valence-electron chi connectivity index (χ4n) is 2.26. The van der Waals surface area contributed by atoms with Crippen molar-refractivity contribution < 1.29 is 23.1 Å². The van der Waals surface area contributed by atoms with E-state index in [4.69, 9.17) is 5.11 Å². The molecule has 118 valence electrons. The molecule has 1 atom stereocenters. The number of carbonyl (C=O) groups is 1. The van der Waals surface area contributed by atoms with E-state index < -0.39 is 24.6 Å². The normalized spacial score (nSPS) is 20.3. The van der Waals surface area contributed by atoms with E-state index in [0.717, 1.165) is 13.1 Å². The molecule has 0 aromatic rings. The predicted octanol–water partition coefficient (Wildman–Crippen LogP) is 0.571. The largest absolute Gasteiger partial charge is 0.481 e. The van der Waals surface area contributed by atoms with Crippen LogP contribution in [0.2, 0.25) is 0 Å². The van der Waals surface area contributed by atoms with Crippen molar-refractivity contribution in [3.05, 3.63) is 0 Å². The lowest BCUT2D eigenvalue weighted by atomic mass is 10.1. The summed E-state index contributed by atoms with van der Waals surface area (Å²) in [7, 11) is 3.89. The Hall–Kier alpha value is -0.860. The quantitative estimate of drug-likeness (QED) is 0.777. The summed E-state index contributed by atoms with van der Waals surface area (Å²) < 4.78 is 38.7. The molecule has 1 aliphatic heterocycles. The highest BCUT2D eigenvalue weighted by atomic mass is 19.4. The van der Waals surface area contributed by atoms with Crippen LogP contribution in [0.3, 0.4) is 0 Å².